The first-order valence-corrected chi connectivity index (χ1v) is 10.9. The van der Waals surface area contributed by atoms with Gasteiger partial charge in [-0.15, -0.1) is 11.3 Å². The Morgan fingerprint density at radius 2 is 1.97 bits per heavy atom. The summed E-state index contributed by atoms with van der Waals surface area (Å²) in [6.07, 6.45) is 1.92. The summed E-state index contributed by atoms with van der Waals surface area (Å²) in [4.78, 5) is 18.9. The topological polar surface area (TPSA) is 62.7 Å². The van der Waals surface area contributed by atoms with Gasteiger partial charge in [-0.1, -0.05) is 44.2 Å². The van der Waals surface area contributed by atoms with E-state index in [2.05, 4.69) is 54.1 Å². The molecule has 0 radical (unpaired) electrons. The number of methoxy groups -OCH3 is 1. The number of rotatable bonds is 7. The molecular weight excluding hydrogens is 396 g/mol. The van der Waals surface area contributed by atoms with Crippen LogP contribution in [0.3, 0.4) is 0 Å². The number of ether oxygens (including phenoxy) is 1. The van der Waals surface area contributed by atoms with Crippen molar-refractivity contribution < 1.29 is 14.6 Å². The van der Waals surface area contributed by atoms with Crippen LogP contribution < -0.4 is 4.74 Å². The molecule has 1 aromatic heterocycles. The molecule has 2 aromatic carbocycles. The van der Waals surface area contributed by atoms with E-state index in [1.165, 1.54) is 11.1 Å². The second-order valence-electron chi connectivity index (χ2n) is 8.07. The maximum absolute atomic E-state index is 11.0. The largest absolute Gasteiger partial charge is 0.496 e. The van der Waals surface area contributed by atoms with E-state index in [1.807, 2.05) is 18.3 Å². The molecule has 1 aliphatic rings. The summed E-state index contributed by atoms with van der Waals surface area (Å²) >= 11 is 1.66. The van der Waals surface area contributed by atoms with Gasteiger partial charge in [0.25, 0.3) is 0 Å². The maximum atomic E-state index is 11.0. The van der Waals surface area contributed by atoms with E-state index in [4.69, 9.17) is 9.84 Å². The molecule has 0 aliphatic carbocycles. The van der Waals surface area contributed by atoms with E-state index >= 15 is 0 Å². The van der Waals surface area contributed by atoms with Crippen LogP contribution >= 0.6 is 11.3 Å². The third kappa shape index (κ3) is 4.25. The zero-order valence-electron chi connectivity index (χ0n) is 17.5. The van der Waals surface area contributed by atoms with Gasteiger partial charge in [0.15, 0.2) is 0 Å². The lowest BCUT2D eigenvalue weighted by atomic mass is 9.99. The van der Waals surface area contributed by atoms with Crippen LogP contribution in [0.25, 0.3) is 21.0 Å². The van der Waals surface area contributed by atoms with Crippen molar-refractivity contribution in [2.45, 2.75) is 26.3 Å². The Hall–Kier alpha value is -2.70. The minimum Gasteiger partial charge on any atom is -0.496 e. The molecule has 0 saturated carbocycles. The Labute approximate surface area is 181 Å². The van der Waals surface area contributed by atoms with Gasteiger partial charge in [-0.05, 0) is 34.7 Å². The molecule has 5 nitrogen and oxygen atoms in total. The molecule has 1 N–H and O–H groups in total. The summed E-state index contributed by atoms with van der Waals surface area (Å²) in [7, 11) is 1.67. The predicted molar refractivity (Wildman–Crippen MR) is 120 cm³/mol. The van der Waals surface area contributed by atoms with Crippen molar-refractivity contribution in [3.05, 3.63) is 59.8 Å². The number of aromatic nitrogens is 1. The summed E-state index contributed by atoms with van der Waals surface area (Å²) in [5.74, 6) is 0.357. The average molecular weight is 423 g/mol. The van der Waals surface area contributed by atoms with Crippen LogP contribution in [-0.4, -0.2) is 41.2 Å². The fourth-order valence-corrected chi connectivity index (χ4v) is 4.64. The van der Waals surface area contributed by atoms with Crippen molar-refractivity contribution in [3.8, 4) is 26.8 Å². The molecule has 156 valence electrons. The number of benzene rings is 2. The molecule has 2 heterocycles. The summed E-state index contributed by atoms with van der Waals surface area (Å²) in [5.41, 5.74) is 4.59. The van der Waals surface area contributed by atoms with Gasteiger partial charge in [0, 0.05) is 25.8 Å². The molecule has 30 heavy (non-hydrogen) atoms. The standard InChI is InChI=1S/C24H26N2O3S/c1-15(2)17-5-7-18(8-6-17)22-11-25-23(30-22)20-9-4-16(10-21(20)29-3)12-26-13-19(14-26)24(27)28/h4-11,15,19H,12-14H2,1-3H3,(H,27,28). The number of carboxylic acids is 1. The zero-order chi connectivity index (χ0) is 21.3. The number of carbonyl (C=O) groups is 1. The molecule has 0 bridgehead atoms. The molecule has 1 saturated heterocycles. The Balaban J connectivity index is 1.51. The maximum Gasteiger partial charge on any atom is 0.309 e. The lowest BCUT2D eigenvalue weighted by Crippen LogP contribution is -2.49. The normalized spacial score (nSPS) is 14.7. The number of aliphatic carboxylic acids is 1. The third-order valence-corrected chi connectivity index (χ3v) is 6.66. The van der Waals surface area contributed by atoms with Crippen LogP contribution in [0.4, 0.5) is 0 Å². The van der Waals surface area contributed by atoms with E-state index in [1.54, 1.807) is 18.4 Å². The Morgan fingerprint density at radius 1 is 1.23 bits per heavy atom. The summed E-state index contributed by atoms with van der Waals surface area (Å²) in [6, 6.07) is 14.8. The summed E-state index contributed by atoms with van der Waals surface area (Å²) in [6.45, 7) is 6.33. The first-order valence-electron chi connectivity index (χ1n) is 10.1. The molecule has 0 unspecified atom stereocenters. The quantitative estimate of drug-likeness (QED) is 0.572. The zero-order valence-corrected chi connectivity index (χ0v) is 18.3. The number of hydrogen-bond donors (Lipinski definition) is 1. The molecule has 0 atom stereocenters. The van der Waals surface area contributed by atoms with E-state index in [0.717, 1.165) is 33.3 Å². The molecule has 1 fully saturated rings. The molecular formula is C24H26N2O3S. The number of nitrogens with zero attached hydrogens (tertiary/aromatic N) is 2. The monoisotopic (exact) mass is 422 g/mol. The summed E-state index contributed by atoms with van der Waals surface area (Å²) in [5, 5.41) is 9.96. The van der Waals surface area contributed by atoms with Gasteiger partial charge in [0.1, 0.15) is 10.8 Å². The Morgan fingerprint density at radius 3 is 2.60 bits per heavy atom. The molecule has 6 heteroatoms. The number of likely N-dealkylation sites (tertiary alicyclic amines) is 1. The van der Waals surface area contributed by atoms with E-state index in [-0.39, 0.29) is 5.92 Å². The number of thiazole rings is 1. The third-order valence-electron chi connectivity index (χ3n) is 5.58. The van der Waals surface area contributed by atoms with Crippen LogP contribution in [0.15, 0.2) is 48.7 Å². The highest BCUT2D eigenvalue weighted by Crippen LogP contribution is 2.37. The molecule has 4 rings (SSSR count). The van der Waals surface area contributed by atoms with Gasteiger partial charge in [0.2, 0.25) is 0 Å². The van der Waals surface area contributed by atoms with Crippen LogP contribution in [0.2, 0.25) is 0 Å². The Bertz CT molecular complexity index is 1040. The number of hydrogen-bond acceptors (Lipinski definition) is 5. The first-order chi connectivity index (χ1) is 14.4. The SMILES string of the molecule is COc1cc(CN2CC(C(=O)O)C2)ccc1-c1ncc(-c2ccc(C(C)C)cc2)s1. The van der Waals surface area contributed by atoms with Crippen LogP contribution in [0, 0.1) is 5.92 Å². The second-order valence-corrected chi connectivity index (χ2v) is 9.10. The van der Waals surface area contributed by atoms with E-state index in [9.17, 15) is 4.79 Å². The minimum atomic E-state index is -0.711. The van der Waals surface area contributed by atoms with Crippen molar-refractivity contribution in [3.63, 3.8) is 0 Å². The van der Waals surface area contributed by atoms with Gasteiger partial charge < -0.3 is 9.84 Å². The fraction of sp³-hybridized carbons (Fsp3) is 0.333. The van der Waals surface area contributed by atoms with Gasteiger partial charge >= 0.3 is 5.97 Å². The van der Waals surface area contributed by atoms with E-state index in [0.29, 0.717) is 19.0 Å². The first kappa shape index (κ1) is 20.6. The van der Waals surface area contributed by atoms with Crippen molar-refractivity contribution in [1.29, 1.82) is 0 Å². The lowest BCUT2D eigenvalue weighted by Gasteiger charge is -2.36. The van der Waals surface area contributed by atoms with Gasteiger partial charge in [-0.2, -0.15) is 0 Å². The lowest BCUT2D eigenvalue weighted by molar-refractivity contribution is -0.147. The van der Waals surface area contributed by atoms with Crippen LogP contribution in [0.1, 0.15) is 30.9 Å². The summed E-state index contributed by atoms with van der Waals surface area (Å²) < 4.78 is 5.64. The van der Waals surface area contributed by atoms with Gasteiger partial charge in [0.05, 0.1) is 23.5 Å². The molecule has 0 spiro atoms. The van der Waals surface area contributed by atoms with Crippen molar-refractivity contribution in [1.82, 2.24) is 9.88 Å². The van der Waals surface area contributed by atoms with Crippen LogP contribution in [-0.2, 0) is 11.3 Å². The fourth-order valence-electron chi connectivity index (χ4n) is 3.69. The minimum absolute atomic E-state index is 0.241. The van der Waals surface area contributed by atoms with Gasteiger partial charge in [-0.25, -0.2) is 4.98 Å². The van der Waals surface area contributed by atoms with Crippen LogP contribution in [0.5, 0.6) is 5.75 Å². The van der Waals surface area contributed by atoms with E-state index < -0.39 is 5.97 Å². The molecule has 3 aromatic rings. The van der Waals surface area contributed by atoms with Crippen molar-refractivity contribution in [2.24, 2.45) is 5.92 Å². The average Bonchev–Trinajstić information content (AvgIpc) is 3.20. The predicted octanol–water partition coefficient (Wildman–Crippen LogP) is 5.13. The highest BCUT2D eigenvalue weighted by atomic mass is 32.1. The molecule has 0 amide bonds. The smallest absolute Gasteiger partial charge is 0.309 e. The number of carboxylic acid groups (broad SMARTS) is 1. The van der Waals surface area contributed by atoms with Crippen molar-refractivity contribution in [2.75, 3.05) is 20.2 Å². The highest BCUT2D eigenvalue weighted by Gasteiger charge is 2.32. The molecule has 1 aliphatic heterocycles. The van der Waals surface area contributed by atoms with Gasteiger partial charge in [-0.3, -0.25) is 9.69 Å². The second kappa shape index (κ2) is 8.58. The Kier molecular flexibility index (Phi) is 5.88. The highest BCUT2D eigenvalue weighted by molar-refractivity contribution is 7.18. The van der Waals surface area contributed by atoms with Crippen molar-refractivity contribution >= 4 is 17.3 Å².